The summed E-state index contributed by atoms with van der Waals surface area (Å²) in [4.78, 5) is 3.57. The summed E-state index contributed by atoms with van der Waals surface area (Å²) in [5.74, 6) is 0.171. The molecule has 3 nitrogen and oxygen atoms in total. The highest BCUT2D eigenvalue weighted by Gasteiger charge is 1.99. The maximum absolute atomic E-state index is 12.7. The molecule has 1 heterocycles. The van der Waals surface area contributed by atoms with Gasteiger partial charge < -0.3 is 10.5 Å². The molecule has 2 aromatic rings. The van der Waals surface area contributed by atoms with Gasteiger partial charge in [0.05, 0.1) is 0 Å². The van der Waals surface area contributed by atoms with Crippen molar-refractivity contribution in [2.24, 2.45) is 0 Å². The molecule has 0 radical (unpaired) electrons. The molecule has 76 valence electrons. The van der Waals surface area contributed by atoms with E-state index in [0.29, 0.717) is 11.4 Å². The predicted molar refractivity (Wildman–Crippen MR) is 55.1 cm³/mol. The van der Waals surface area contributed by atoms with E-state index in [4.69, 9.17) is 10.5 Å². The van der Waals surface area contributed by atoms with E-state index in [-0.39, 0.29) is 5.88 Å². The van der Waals surface area contributed by atoms with Gasteiger partial charge in [0.25, 0.3) is 0 Å². The molecule has 0 aliphatic rings. The number of nitrogens with two attached hydrogens (primary N) is 1. The molecular weight excluding hydrogens is 195 g/mol. The molecule has 0 unspecified atom stereocenters. The van der Waals surface area contributed by atoms with E-state index >= 15 is 0 Å². The van der Waals surface area contributed by atoms with Gasteiger partial charge >= 0.3 is 0 Å². The number of hydrogen-bond acceptors (Lipinski definition) is 3. The number of rotatable bonds is 2. The summed E-state index contributed by atoms with van der Waals surface area (Å²) in [7, 11) is 0. The highest BCUT2D eigenvalue weighted by Crippen LogP contribution is 2.21. The molecule has 0 saturated carbocycles. The van der Waals surface area contributed by atoms with E-state index in [1.54, 1.807) is 30.3 Å². The van der Waals surface area contributed by atoms with Gasteiger partial charge in [-0.2, -0.15) is 9.37 Å². The van der Waals surface area contributed by atoms with Crippen LogP contribution < -0.4 is 10.5 Å². The van der Waals surface area contributed by atoms with Crippen molar-refractivity contribution in [1.29, 1.82) is 0 Å². The monoisotopic (exact) mass is 204 g/mol. The molecule has 4 heteroatoms. The van der Waals surface area contributed by atoms with Crippen LogP contribution in [0, 0.1) is 5.95 Å². The van der Waals surface area contributed by atoms with Crippen LogP contribution in [-0.2, 0) is 0 Å². The van der Waals surface area contributed by atoms with Crippen LogP contribution in [0.2, 0.25) is 0 Å². The average Bonchev–Trinajstić information content (AvgIpc) is 2.17. The summed E-state index contributed by atoms with van der Waals surface area (Å²) in [6.07, 6.45) is 0. The van der Waals surface area contributed by atoms with Crippen LogP contribution in [0.1, 0.15) is 0 Å². The minimum Gasteiger partial charge on any atom is -0.439 e. The molecule has 0 spiro atoms. The average molecular weight is 204 g/mol. The number of hydrogen-bond donors (Lipinski definition) is 1. The Balaban J connectivity index is 2.22. The van der Waals surface area contributed by atoms with E-state index in [0.717, 1.165) is 0 Å². The lowest BCUT2D eigenvalue weighted by molar-refractivity contribution is 0.445. The molecule has 0 fully saturated rings. The fourth-order valence-electron chi connectivity index (χ4n) is 1.15. The minimum absolute atomic E-state index is 0.209. The molecule has 0 aliphatic heterocycles. The fourth-order valence-corrected chi connectivity index (χ4v) is 1.15. The van der Waals surface area contributed by atoms with Gasteiger partial charge in [0.15, 0.2) is 0 Å². The van der Waals surface area contributed by atoms with Crippen molar-refractivity contribution in [3.63, 3.8) is 0 Å². The Morgan fingerprint density at radius 2 is 1.93 bits per heavy atom. The van der Waals surface area contributed by atoms with Gasteiger partial charge in [0.1, 0.15) is 5.75 Å². The number of benzene rings is 1. The highest BCUT2D eigenvalue weighted by atomic mass is 19.1. The second kappa shape index (κ2) is 3.96. The van der Waals surface area contributed by atoms with Crippen molar-refractivity contribution in [3.8, 4) is 11.6 Å². The van der Waals surface area contributed by atoms with Crippen molar-refractivity contribution < 1.29 is 9.13 Å². The van der Waals surface area contributed by atoms with Crippen molar-refractivity contribution in [2.75, 3.05) is 5.73 Å². The Morgan fingerprint density at radius 1 is 1.13 bits per heavy atom. The minimum atomic E-state index is -0.573. The summed E-state index contributed by atoms with van der Waals surface area (Å²) in [5.41, 5.74) is 6.15. The van der Waals surface area contributed by atoms with Gasteiger partial charge in [-0.25, -0.2) is 0 Å². The van der Waals surface area contributed by atoms with Crippen molar-refractivity contribution >= 4 is 5.69 Å². The first-order valence-corrected chi connectivity index (χ1v) is 4.40. The smallest absolute Gasteiger partial charge is 0.221 e. The molecule has 2 N–H and O–H groups in total. The number of ether oxygens (including phenoxy) is 1. The molecule has 1 aromatic carbocycles. The van der Waals surface area contributed by atoms with Gasteiger partial charge in [-0.3, -0.25) is 0 Å². The molecule has 0 atom stereocenters. The Hall–Kier alpha value is -2.10. The van der Waals surface area contributed by atoms with Gasteiger partial charge in [-0.15, -0.1) is 0 Å². The third-order valence-electron chi connectivity index (χ3n) is 1.77. The lowest BCUT2D eigenvalue weighted by Crippen LogP contribution is -1.91. The molecule has 15 heavy (non-hydrogen) atoms. The molecule has 1 aromatic heterocycles. The quantitative estimate of drug-likeness (QED) is 0.604. The summed E-state index contributed by atoms with van der Waals surface area (Å²) in [6.45, 7) is 0. The topological polar surface area (TPSA) is 48.1 Å². The zero-order valence-electron chi connectivity index (χ0n) is 7.85. The van der Waals surface area contributed by atoms with Gasteiger partial charge in [0, 0.05) is 17.8 Å². The maximum Gasteiger partial charge on any atom is 0.221 e. The normalized spacial score (nSPS) is 9.93. The molecule has 0 aliphatic carbocycles. The largest absolute Gasteiger partial charge is 0.439 e. The van der Waals surface area contributed by atoms with Gasteiger partial charge in [-0.1, -0.05) is 12.1 Å². The summed E-state index contributed by atoms with van der Waals surface area (Å²) >= 11 is 0. The molecule has 2 rings (SSSR count). The first kappa shape index (κ1) is 9.45. The second-order valence-corrected chi connectivity index (χ2v) is 2.97. The third kappa shape index (κ3) is 2.43. The predicted octanol–water partition coefficient (Wildman–Crippen LogP) is 2.60. The van der Waals surface area contributed by atoms with Crippen LogP contribution in [0.5, 0.6) is 11.6 Å². The highest BCUT2D eigenvalue weighted by molar-refractivity contribution is 5.44. The van der Waals surface area contributed by atoms with Crippen molar-refractivity contribution in [3.05, 3.63) is 48.4 Å². The summed E-state index contributed by atoms with van der Waals surface area (Å²) in [5, 5.41) is 0. The zero-order valence-corrected chi connectivity index (χ0v) is 7.85. The van der Waals surface area contributed by atoms with E-state index in [9.17, 15) is 4.39 Å². The Morgan fingerprint density at radius 3 is 2.67 bits per heavy atom. The van der Waals surface area contributed by atoms with Gasteiger partial charge in [-0.05, 0) is 18.2 Å². The van der Waals surface area contributed by atoms with E-state index in [1.807, 2.05) is 0 Å². The first-order chi connectivity index (χ1) is 7.24. The van der Waals surface area contributed by atoms with Crippen LogP contribution in [0.15, 0.2) is 42.5 Å². The summed E-state index contributed by atoms with van der Waals surface area (Å²) in [6, 6.07) is 11.2. The SMILES string of the molecule is Nc1cccc(Oc2cccc(F)n2)c1. The third-order valence-corrected chi connectivity index (χ3v) is 1.77. The van der Waals surface area contributed by atoms with E-state index in [2.05, 4.69) is 4.98 Å². The van der Waals surface area contributed by atoms with E-state index in [1.165, 1.54) is 12.1 Å². The zero-order chi connectivity index (χ0) is 10.7. The van der Waals surface area contributed by atoms with Crippen molar-refractivity contribution in [1.82, 2.24) is 4.98 Å². The number of nitrogen functional groups attached to an aromatic ring is 1. The first-order valence-electron chi connectivity index (χ1n) is 4.40. The standard InChI is InChI=1S/C11H9FN2O/c12-10-5-2-6-11(14-10)15-9-4-1-3-8(13)7-9/h1-7H,13H2. The van der Waals surface area contributed by atoms with Crippen molar-refractivity contribution in [2.45, 2.75) is 0 Å². The lowest BCUT2D eigenvalue weighted by atomic mass is 10.3. The molecular formula is C11H9FN2O. The maximum atomic E-state index is 12.7. The Kier molecular flexibility index (Phi) is 2.49. The van der Waals surface area contributed by atoms with Crippen LogP contribution in [0.25, 0.3) is 0 Å². The van der Waals surface area contributed by atoms with Crippen LogP contribution >= 0.6 is 0 Å². The fraction of sp³-hybridized carbons (Fsp3) is 0. The molecule has 0 bridgehead atoms. The lowest BCUT2D eigenvalue weighted by Gasteiger charge is -2.04. The number of anilines is 1. The molecule has 0 amide bonds. The number of pyridine rings is 1. The molecule has 0 saturated heterocycles. The second-order valence-electron chi connectivity index (χ2n) is 2.97. The Bertz CT molecular complexity index is 430. The number of aromatic nitrogens is 1. The van der Waals surface area contributed by atoms with Gasteiger partial charge in [0.2, 0.25) is 11.8 Å². The number of nitrogens with zero attached hydrogens (tertiary/aromatic N) is 1. The van der Waals surface area contributed by atoms with Crippen LogP contribution in [-0.4, -0.2) is 4.98 Å². The van der Waals surface area contributed by atoms with E-state index < -0.39 is 5.95 Å². The van der Waals surface area contributed by atoms with Crippen LogP contribution in [0.3, 0.4) is 0 Å². The Labute approximate surface area is 86.3 Å². The number of halogens is 1. The van der Waals surface area contributed by atoms with Crippen LogP contribution in [0.4, 0.5) is 10.1 Å². The summed E-state index contributed by atoms with van der Waals surface area (Å²) < 4.78 is 18.0.